The Labute approximate surface area is 216 Å². The highest BCUT2D eigenvalue weighted by atomic mass is 16.6. The predicted octanol–water partition coefficient (Wildman–Crippen LogP) is 8.08. The molecule has 0 aromatic carbocycles. The molecule has 7 atom stereocenters. The maximum atomic E-state index is 12.1. The number of nitrogens with one attached hydrogen (secondary N) is 2. The van der Waals surface area contributed by atoms with Gasteiger partial charge in [0.25, 0.3) is 0 Å². The van der Waals surface area contributed by atoms with E-state index in [1.54, 1.807) is 5.57 Å². The lowest BCUT2D eigenvalue weighted by Gasteiger charge is -2.58. The van der Waals surface area contributed by atoms with Crippen LogP contribution in [0, 0.1) is 40.4 Å². The molecule has 4 nitrogen and oxygen atoms in total. The lowest BCUT2D eigenvalue weighted by atomic mass is 9.47. The van der Waals surface area contributed by atoms with Crippen LogP contribution in [0.3, 0.4) is 0 Å². The Balaban J connectivity index is 0.00000167. The molecule has 4 aliphatic rings. The van der Waals surface area contributed by atoms with E-state index in [4.69, 9.17) is 4.74 Å². The first kappa shape index (κ1) is 28.5. The van der Waals surface area contributed by atoms with Crippen LogP contribution in [0.5, 0.6) is 0 Å². The standard InChI is InChI=1S/C29H50N2O2.C2H6/c1-20(2)8-6-7-9-21-11-13-25-24-12-10-22-18-23(33-27(32)31-19-30-5)14-16-29(22,4)26(24)15-17-28(21,25)3;1-2/h10,20-21,23-26,30H,6-9,11-19H2,1-5H3,(H,31,32);1-2H3. The number of carbonyl (C=O) groups excluding carboxylic acids is 1. The number of allylic oxidation sites excluding steroid dienone is 1. The molecule has 0 radical (unpaired) electrons. The summed E-state index contributed by atoms with van der Waals surface area (Å²) in [5, 5.41) is 5.71. The number of amides is 1. The monoisotopic (exact) mass is 488 g/mol. The van der Waals surface area contributed by atoms with Crippen molar-refractivity contribution in [3.05, 3.63) is 11.6 Å². The van der Waals surface area contributed by atoms with Gasteiger partial charge in [-0.3, -0.25) is 0 Å². The van der Waals surface area contributed by atoms with Crippen molar-refractivity contribution in [3.8, 4) is 0 Å². The van der Waals surface area contributed by atoms with Gasteiger partial charge in [0.1, 0.15) is 6.10 Å². The summed E-state index contributed by atoms with van der Waals surface area (Å²) in [6, 6.07) is 0. The Morgan fingerprint density at radius 3 is 2.57 bits per heavy atom. The smallest absolute Gasteiger partial charge is 0.408 e. The molecule has 0 aromatic heterocycles. The van der Waals surface area contributed by atoms with E-state index < -0.39 is 0 Å². The summed E-state index contributed by atoms with van der Waals surface area (Å²) >= 11 is 0. The summed E-state index contributed by atoms with van der Waals surface area (Å²) in [6.45, 7) is 14.4. The minimum atomic E-state index is -0.286. The fourth-order valence-corrected chi connectivity index (χ4v) is 8.61. The van der Waals surface area contributed by atoms with Crippen molar-refractivity contribution in [1.29, 1.82) is 0 Å². The van der Waals surface area contributed by atoms with Gasteiger partial charge in [0.15, 0.2) is 0 Å². The van der Waals surface area contributed by atoms with Crippen molar-refractivity contribution in [2.45, 2.75) is 125 Å². The third-order valence-electron chi connectivity index (χ3n) is 10.5. The SMILES string of the molecule is CC.CNCNC(=O)OC1CCC2(C)C(=CCC3C2CCC2(C)C(CCCCC(C)C)CCC32)C1. The highest BCUT2D eigenvalue weighted by molar-refractivity contribution is 5.67. The first-order valence-corrected chi connectivity index (χ1v) is 15.1. The number of alkyl carbamates (subject to hydrolysis) is 1. The van der Waals surface area contributed by atoms with Crippen molar-refractivity contribution < 1.29 is 9.53 Å². The van der Waals surface area contributed by atoms with Crippen molar-refractivity contribution in [2.75, 3.05) is 13.7 Å². The first-order valence-electron chi connectivity index (χ1n) is 15.1. The number of unbranched alkanes of at least 4 members (excludes halogenated alkanes) is 1. The number of ether oxygens (including phenoxy) is 1. The second kappa shape index (κ2) is 12.5. The summed E-state index contributed by atoms with van der Waals surface area (Å²) in [7, 11) is 1.82. The molecule has 2 N–H and O–H groups in total. The normalized spacial score (nSPS) is 37.8. The molecular formula is C31H56N2O2. The van der Waals surface area contributed by atoms with Crippen LogP contribution in [0.15, 0.2) is 11.6 Å². The molecule has 4 aliphatic carbocycles. The number of hydrogen-bond donors (Lipinski definition) is 2. The topological polar surface area (TPSA) is 50.4 Å². The van der Waals surface area contributed by atoms with Crippen LogP contribution in [-0.2, 0) is 4.74 Å². The van der Waals surface area contributed by atoms with Gasteiger partial charge in [-0.1, -0.05) is 72.5 Å². The molecule has 202 valence electrons. The van der Waals surface area contributed by atoms with E-state index in [0.29, 0.717) is 17.5 Å². The number of rotatable bonds is 8. The minimum Gasteiger partial charge on any atom is -0.446 e. The van der Waals surface area contributed by atoms with Crippen molar-refractivity contribution >= 4 is 6.09 Å². The summed E-state index contributed by atoms with van der Waals surface area (Å²) in [4.78, 5) is 12.1. The van der Waals surface area contributed by atoms with Crippen molar-refractivity contribution in [2.24, 2.45) is 40.4 Å². The lowest BCUT2D eigenvalue weighted by Crippen LogP contribution is -2.50. The van der Waals surface area contributed by atoms with E-state index in [1.165, 1.54) is 64.2 Å². The van der Waals surface area contributed by atoms with Gasteiger partial charge in [0.05, 0.1) is 6.67 Å². The zero-order valence-corrected chi connectivity index (χ0v) is 24.1. The molecule has 7 unspecified atom stereocenters. The fraction of sp³-hybridized carbons (Fsp3) is 0.903. The Kier molecular flexibility index (Phi) is 10.2. The van der Waals surface area contributed by atoms with E-state index >= 15 is 0 Å². The Morgan fingerprint density at radius 2 is 1.86 bits per heavy atom. The quantitative estimate of drug-likeness (QED) is 0.206. The van der Waals surface area contributed by atoms with E-state index in [-0.39, 0.29) is 12.2 Å². The highest BCUT2D eigenvalue weighted by Gasteiger charge is 2.58. The van der Waals surface area contributed by atoms with Crippen LogP contribution < -0.4 is 10.6 Å². The molecule has 0 spiro atoms. The molecule has 0 saturated heterocycles. The van der Waals surface area contributed by atoms with Gasteiger partial charge in [0, 0.05) is 6.42 Å². The van der Waals surface area contributed by atoms with Crippen molar-refractivity contribution in [1.82, 2.24) is 10.6 Å². The van der Waals surface area contributed by atoms with Gasteiger partial charge < -0.3 is 15.4 Å². The van der Waals surface area contributed by atoms with Crippen LogP contribution in [0.4, 0.5) is 4.79 Å². The van der Waals surface area contributed by atoms with E-state index in [1.807, 2.05) is 20.9 Å². The lowest BCUT2D eigenvalue weighted by molar-refractivity contribution is -0.0519. The van der Waals surface area contributed by atoms with E-state index in [0.717, 1.165) is 42.4 Å². The summed E-state index contributed by atoms with van der Waals surface area (Å²) < 4.78 is 5.75. The van der Waals surface area contributed by atoms with E-state index in [9.17, 15) is 4.79 Å². The molecule has 0 aromatic rings. The van der Waals surface area contributed by atoms with E-state index in [2.05, 4.69) is 44.4 Å². The number of carbonyl (C=O) groups is 1. The van der Waals surface area contributed by atoms with Gasteiger partial charge in [-0.2, -0.15) is 0 Å². The second-order valence-electron chi connectivity index (χ2n) is 12.7. The summed E-state index contributed by atoms with van der Waals surface area (Å²) in [5.74, 6) is 4.42. The largest absolute Gasteiger partial charge is 0.446 e. The van der Waals surface area contributed by atoms with Crippen LogP contribution in [0.2, 0.25) is 0 Å². The fourth-order valence-electron chi connectivity index (χ4n) is 8.61. The van der Waals surface area contributed by atoms with Crippen LogP contribution in [0.1, 0.15) is 119 Å². The van der Waals surface area contributed by atoms with Gasteiger partial charge >= 0.3 is 6.09 Å². The average molecular weight is 489 g/mol. The van der Waals surface area contributed by atoms with Crippen LogP contribution >= 0.6 is 0 Å². The molecule has 4 heteroatoms. The number of fused-ring (bicyclic) bond motifs is 5. The highest BCUT2D eigenvalue weighted by Crippen LogP contribution is 2.66. The molecule has 0 heterocycles. The Bertz CT molecular complexity index is 719. The maximum Gasteiger partial charge on any atom is 0.408 e. The summed E-state index contributed by atoms with van der Waals surface area (Å²) in [6.07, 6.45) is 18.2. The maximum absolute atomic E-state index is 12.1. The molecule has 35 heavy (non-hydrogen) atoms. The van der Waals surface area contributed by atoms with Gasteiger partial charge in [-0.25, -0.2) is 4.79 Å². The Morgan fingerprint density at radius 1 is 1.09 bits per heavy atom. The molecular weight excluding hydrogens is 432 g/mol. The van der Waals surface area contributed by atoms with Gasteiger partial charge in [-0.15, -0.1) is 0 Å². The summed E-state index contributed by atoms with van der Waals surface area (Å²) in [5.41, 5.74) is 2.49. The molecule has 3 saturated carbocycles. The third-order valence-corrected chi connectivity index (χ3v) is 10.5. The van der Waals surface area contributed by atoms with Gasteiger partial charge in [-0.05, 0) is 98.8 Å². The molecule has 3 fully saturated rings. The predicted molar refractivity (Wildman–Crippen MR) is 147 cm³/mol. The van der Waals surface area contributed by atoms with Crippen LogP contribution in [0.25, 0.3) is 0 Å². The molecule has 0 aliphatic heterocycles. The molecule has 4 rings (SSSR count). The first-order chi connectivity index (χ1) is 16.8. The van der Waals surface area contributed by atoms with Gasteiger partial charge in [0.2, 0.25) is 0 Å². The minimum absolute atomic E-state index is 0.0355. The van der Waals surface area contributed by atoms with Crippen molar-refractivity contribution in [3.63, 3.8) is 0 Å². The Hall–Kier alpha value is -1.03. The zero-order valence-electron chi connectivity index (χ0n) is 24.1. The number of hydrogen-bond acceptors (Lipinski definition) is 3. The molecule has 0 bridgehead atoms. The van der Waals surface area contributed by atoms with Crippen LogP contribution in [-0.4, -0.2) is 25.9 Å². The zero-order chi connectivity index (χ0) is 25.6. The molecule has 1 amide bonds. The second-order valence-corrected chi connectivity index (χ2v) is 12.7. The average Bonchev–Trinajstić information content (AvgIpc) is 3.18. The third kappa shape index (κ3) is 6.11.